The number of esters is 1. The summed E-state index contributed by atoms with van der Waals surface area (Å²) >= 11 is 0. The van der Waals surface area contributed by atoms with Gasteiger partial charge in [-0.3, -0.25) is 9.69 Å². The molecule has 1 saturated heterocycles. The first-order chi connectivity index (χ1) is 9.24. The van der Waals surface area contributed by atoms with Crippen molar-refractivity contribution in [3.63, 3.8) is 0 Å². The quantitative estimate of drug-likeness (QED) is 0.781. The molecule has 1 aliphatic heterocycles. The van der Waals surface area contributed by atoms with Crippen LogP contribution < -0.4 is 0 Å². The topological polar surface area (TPSA) is 29.5 Å². The smallest absolute Gasteiger partial charge is 0.313 e. The Kier molecular flexibility index (Phi) is 3.31. The van der Waals surface area contributed by atoms with E-state index in [4.69, 9.17) is 4.74 Å². The first-order valence-corrected chi connectivity index (χ1v) is 7.09. The van der Waals surface area contributed by atoms with Crippen molar-refractivity contribution in [1.29, 1.82) is 0 Å². The fourth-order valence-corrected chi connectivity index (χ4v) is 3.89. The zero-order valence-corrected chi connectivity index (χ0v) is 11.5. The van der Waals surface area contributed by atoms with E-state index >= 15 is 0 Å². The van der Waals surface area contributed by atoms with Crippen molar-refractivity contribution >= 4 is 5.97 Å². The maximum atomic E-state index is 12.2. The van der Waals surface area contributed by atoms with Crippen LogP contribution in [0, 0.1) is 11.3 Å². The Morgan fingerprint density at radius 1 is 1.42 bits per heavy atom. The Bertz CT molecular complexity index is 459. The molecule has 2 fully saturated rings. The van der Waals surface area contributed by atoms with Crippen LogP contribution in [0.1, 0.15) is 24.8 Å². The Morgan fingerprint density at radius 3 is 2.95 bits per heavy atom. The van der Waals surface area contributed by atoms with Crippen LogP contribution in [-0.2, 0) is 16.1 Å². The van der Waals surface area contributed by atoms with Gasteiger partial charge < -0.3 is 4.74 Å². The van der Waals surface area contributed by atoms with Crippen molar-refractivity contribution in [3.05, 3.63) is 35.9 Å². The highest BCUT2D eigenvalue weighted by Crippen LogP contribution is 2.49. The van der Waals surface area contributed by atoms with Crippen LogP contribution in [0.2, 0.25) is 0 Å². The highest BCUT2D eigenvalue weighted by Gasteiger charge is 2.55. The lowest BCUT2D eigenvalue weighted by atomic mass is 9.81. The molecule has 0 spiro atoms. The highest BCUT2D eigenvalue weighted by molar-refractivity contribution is 5.78. The third-order valence-electron chi connectivity index (χ3n) is 4.78. The molecule has 0 radical (unpaired) electrons. The molecule has 102 valence electrons. The van der Waals surface area contributed by atoms with Crippen molar-refractivity contribution < 1.29 is 9.53 Å². The molecule has 2 atom stereocenters. The summed E-state index contributed by atoms with van der Waals surface area (Å²) in [6, 6.07) is 10.5. The van der Waals surface area contributed by atoms with E-state index in [1.165, 1.54) is 25.5 Å². The summed E-state index contributed by atoms with van der Waals surface area (Å²) in [6.45, 7) is 2.83. The van der Waals surface area contributed by atoms with Crippen LogP contribution in [0.25, 0.3) is 0 Å². The first-order valence-electron chi connectivity index (χ1n) is 7.09. The lowest BCUT2D eigenvalue weighted by molar-refractivity contribution is -0.153. The number of fused-ring (bicyclic) bond motifs is 1. The normalized spacial score (nSPS) is 30.3. The predicted molar refractivity (Wildman–Crippen MR) is 73.5 cm³/mol. The molecular formula is C16H21NO2. The molecule has 0 aromatic heterocycles. The molecule has 1 unspecified atom stereocenters. The number of carbonyl (C=O) groups excluding carboxylic acids is 1. The van der Waals surface area contributed by atoms with E-state index in [-0.39, 0.29) is 11.4 Å². The number of carbonyl (C=O) groups is 1. The number of rotatable bonds is 3. The SMILES string of the molecule is COC(=O)[C@]12CCCC1CN(Cc1ccccc1)C2. The average molecular weight is 259 g/mol. The number of ether oxygens (including phenoxy) is 1. The Hall–Kier alpha value is -1.35. The standard InChI is InChI=1S/C16H21NO2/c1-19-15(18)16-9-5-8-14(16)11-17(12-16)10-13-6-3-2-4-7-13/h2-4,6-7,14H,5,8-12H2,1H3/t14?,16-/m0/s1. The van der Waals surface area contributed by atoms with Crippen LogP contribution in [0.5, 0.6) is 0 Å². The van der Waals surface area contributed by atoms with Gasteiger partial charge in [0.15, 0.2) is 0 Å². The minimum absolute atomic E-state index is 0.00515. The third-order valence-corrected chi connectivity index (χ3v) is 4.78. The van der Waals surface area contributed by atoms with Gasteiger partial charge in [0.2, 0.25) is 0 Å². The maximum absolute atomic E-state index is 12.2. The third kappa shape index (κ3) is 2.16. The van der Waals surface area contributed by atoms with Gasteiger partial charge >= 0.3 is 5.97 Å². The van der Waals surface area contributed by atoms with E-state index in [0.29, 0.717) is 5.92 Å². The summed E-state index contributed by atoms with van der Waals surface area (Å²) in [4.78, 5) is 14.6. The number of hydrogen-bond acceptors (Lipinski definition) is 3. The van der Waals surface area contributed by atoms with E-state index in [1.807, 2.05) is 6.07 Å². The number of benzene rings is 1. The van der Waals surface area contributed by atoms with Gasteiger partial charge in [-0.2, -0.15) is 0 Å². The molecule has 3 nitrogen and oxygen atoms in total. The summed E-state index contributed by atoms with van der Waals surface area (Å²) in [5, 5.41) is 0. The molecule has 1 heterocycles. The van der Waals surface area contributed by atoms with E-state index in [1.54, 1.807) is 0 Å². The molecule has 1 aromatic rings. The van der Waals surface area contributed by atoms with E-state index in [2.05, 4.69) is 29.2 Å². The minimum Gasteiger partial charge on any atom is -0.469 e. The first kappa shape index (κ1) is 12.7. The van der Waals surface area contributed by atoms with Crippen molar-refractivity contribution in [1.82, 2.24) is 4.90 Å². The summed E-state index contributed by atoms with van der Waals surface area (Å²) in [6.07, 6.45) is 3.33. The summed E-state index contributed by atoms with van der Waals surface area (Å²) in [5.41, 5.74) is 1.10. The maximum Gasteiger partial charge on any atom is 0.313 e. The second-order valence-electron chi connectivity index (χ2n) is 5.89. The number of methoxy groups -OCH3 is 1. The van der Waals surface area contributed by atoms with E-state index < -0.39 is 0 Å². The van der Waals surface area contributed by atoms with Gasteiger partial charge in [0.05, 0.1) is 12.5 Å². The number of nitrogens with zero attached hydrogens (tertiary/aromatic N) is 1. The number of likely N-dealkylation sites (tertiary alicyclic amines) is 1. The second-order valence-corrected chi connectivity index (χ2v) is 5.89. The zero-order valence-electron chi connectivity index (χ0n) is 11.5. The predicted octanol–water partition coefficient (Wildman–Crippen LogP) is 2.46. The molecular weight excluding hydrogens is 238 g/mol. The highest BCUT2D eigenvalue weighted by atomic mass is 16.5. The van der Waals surface area contributed by atoms with Gasteiger partial charge in [0.25, 0.3) is 0 Å². The molecule has 1 saturated carbocycles. The molecule has 3 heteroatoms. The van der Waals surface area contributed by atoms with Gasteiger partial charge in [-0.1, -0.05) is 36.8 Å². The van der Waals surface area contributed by atoms with Crippen LogP contribution in [-0.4, -0.2) is 31.1 Å². The summed E-state index contributed by atoms with van der Waals surface area (Å²) in [7, 11) is 1.52. The average Bonchev–Trinajstić information content (AvgIpc) is 2.96. The summed E-state index contributed by atoms with van der Waals surface area (Å²) < 4.78 is 5.07. The Morgan fingerprint density at radius 2 is 2.21 bits per heavy atom. The fourth-order valence-electron chi connectivity index (χ4n) is 3.89. The molecule has 2 aliphatic rings. The summed E-state index contributed by atoms with van der Waals surface area (Å²) in [5.74, 6) is 0.495. The van der Waals surface area contributed by atoms with Gasteiger partial charge in [-0.15, -0.1) is 0 Å². The Labute approximate surface area is 114 Å². The molecule has 3 rings (SSSR count). The second kappa shape index (κ2) is 4.97. The lowest BCUT2D eigenvalue weighted by Crippen LogP contribution is -2.36. The van der Waals surface area contributed by atoms with Crippen LogP contribution in [0.4, 0.5) is 0 Å². The molecule has 0 amide bonds. The largest absolute Gasteiger partial charge is 0.469 e. The van der Waals surface area contributed by atoms with Gasteiger partial charge in [0.1, 0.15) is 0 Å². The van der Waals surface area contributed by atoms with E-state index in [9.17, 15) is 4.79 Å². The van der Waals surface area contributed by atoms with Crippen LogP contribution in [0.15, 0.2) is 30.3 Å². The fraction of sp³-hybridized carbons (Fsp3) is 0.562. The molecule has 1 aliphatic carbocycles. The zero-order chi connectivity index (χ0) is 13.3. The molecule has 19 heavy (non-hydrogen) atoms. The van der Waals surface area contributed by atoms with Crippen molar-refractivity contribution in [2.75, 3.05) is 20.2 Å². The lowest BCUT2D eigenvalue weighted by Gasteiger charge is -2.25. The van der Waals surface area contributed by atoms with Crippen LogP contribution in [0.3, 0.4) is 0 Å². The van der Waals surface area contributed by atoms with Gasteiger partial charge in [-0.05, 0) is 24.3 Å². The monoisotopic (exact) mass is 259 g/mol. The minimum atomic E-state index is -0.219. The Balaban J connectivity index is 1.73. The molecule has 0 bridgehead atoms. The van der Waals surface area contributed by atoms with Crippen molar-refractivity contribution in [2.45, 2.75) is 25.8 Å². The molecule has 0 N–H and O–H groups in total. The van der Waals surface area contributed by atoms with Crippen LogP contribution >= 0.6 is 0 Å². The van der Waals surface area contributed by atoms with Gasteiger partial charge in [0, 0.05) is 19.6 Å². The molecule has 1 aromatic carbocycles. The van der Waals surface area contributed by atoms with Crippen molar-refractivity contribution in [3.8, 4) is 0 Å². The van der Waals surface area contributed by atoms with Gasteiger partial charge in [-0.25, -0.2) is 0 Å². The number of hydrogen-bond donors (Lipinski definition) is 0. The van der Waals surface area contributed by atoms with E-state index in [0.717, 1.165) is 26.1 Å². The van der Waals surface area contributed by atoms with Crippen molar-refractivity contribution in [2.24, 2.45) is 11.3 Å².